The predicted molar refractivity (Wildman–Crippen MR) is 133 cm³/mol. The minimum absolute atomic E-state index is 0.00853. The fourth-order valence-electron chi connectivity index (χ4n) is 4.15. The molecule has 1 amide bonds. The number of anilines is 1. The zero-order valence-electron chi connectivity index (χ0n) is 19.9. The molecule has 0 bridgehead atoms. The van der Waals surface area contributed by atoms with Crippen LogP contribution >= 0.6 is 0 Å². The van der Waals surface area contributed by atoms with E-state index >= 15 is 0 Å². The minimum atomic E-state index is -0.862. The number of ether oxygens (including phenoxy) is 3. The molecule has 1 N–H and O–H groups in total. The van der Waals surface area contributed by atoms with Crippen LogP contribution in [0.1, 0.15) is 31.0 Å². The van der Waals surface area contributed by atoms with Crippen LogP contribution in [0.15, 0.2) is 78.4 Å². The highest BCUT2D eigenvalue weighted by Gasteiger charge is 2.47. The van der Waals surface area contributed by atoms with Gasteiger partial charge in [0.25, 0.3) is 11.7 Å². The van der Waals surface area contributed by atoms with Gasteiger partial charge in [0.1, 0.15) is 23.0 Å². The fourth-order valence-corrected chi connectivity index (χ4v) is 4.15. The number of carbonyl (C=O) groups is 2. The van der Waals surface area contributed by atoms with Gasteiger partial charge >= 0.3 is 0 Å². The number of methoxy groups -OCH3 is 1. The molecule has 1 atom stereocenters. The molecule has 0 radical (unpaired) electrons. The van der Waals surface area contributed by atoms with E-state index < -0.39 is 17.7 Å². The van der Waals surface area contributed by atoms with Crippen molar-refractivity contribution in [2.75, 3.05) is 25.2 Å². The second kappa shape index (κ2) is 10.3. The molecule has 1 fully saturated rings. The number of carbonyl (C=O) groups excluding carboxylic acids is 2. The number of aliphatic hydroxyl groups is 1. The van der Waals surface area contributed by atoms with Crippen molar-refractivity contribution in [2.45, 2.75) is 19.9 Å². The van der Waals surface area contributed by atoms with Crippen LogP contribution in [0.4, 0.5) is 5.69 Å². The Balaban J connectivity index is 1.90. The molecule has 1 aliphatic heterocycles. The third kappa shape index (κ3) is 4.71. The number of ketones is 1. The lowest BCUT2D eigenvalue weighted by molar-refractivity contribution is -0.132. The van der Waals surface area contributed by atoms with Crippen LogP contribution in [-0.2, 0) is 9.59 Å². The second-order valence-electron chi connectivity index (χ2n) is 7.83. The number of benzene rings is 3. The van der Waals surface area contributed by atoms with E-state index in [1.165, 1.54) is 12.0 Å². The van der Waals surface area contributed by atoms with Crippen molar-refractivity contribution in [3.8, 4) is 17.2 Å². The van der Waals surface area contributed by atoms with E-state index in [1.54, 1.807) is 72.8 Å². The Hall–Kier alpha value is -4.26. The molecular weight excluding hydrogens is 446 g/mol. The quantitative estimate of drug-likeness (QED) is 0.278. The lowest BCUT2D eigenvalue weighted by atomic mass is 9.95. The summed E-state index contributed by atoms with van der Waals surface area (Å²) < 4.78 is 16.4. The lowest BCUT2D eigenvalue weighted by Crippen LogP contribution is -2.29. The van der Waals surface area contributed by atoms with Gasteiger partial charge in [0.2, 0.25) is 0 Å². The number of aliphatic hydroxyl groups excluding tert-OH is 1. The molecular formula is C28H27NO6. The maximum absolute atomic E-state index is 13.3. The topological polar surface area (TPSA) is 85.3 Å². The average Bonchev–Trinajstić information content (AvgIpc) is 3.15. The van der Waals surface area contributed by atoms with Crippen LogP contribution in [0.3, 0.4) is 0 Å². The van der Waals surface area contributed by atoms with Crippen LogP contribution < -0.4 is 19.1 Å². The van der Waals surface area contributed by atoms with Crippen LogP contribution in [0.2, 0.25) is 0 Å². The molecule has 1 unspecified atom stereocenters. The first-order chi connectivity index (χ1) is 17.0. The van der Waals surface area contributed by atoms with Gasteiger partial charge in [0.05, 0.1) is 31.9 Å². The van der Waals surface area contributed by atoms with E-state index in [0.29, 0.717) is 47.3 Å². The summed E-state index contributed by atoms with van der Waals surface area (Å²) in [6.07, 6.45) is 0. The second-order valence-corrected chi connectivity index (χ2v) is 7.83. The molecule has 3 aromatic carbocycles. The molecule has 0 aromatic heterocycles. The third-order valence-electron chi connectivity index (χ3n) is 5.70. The molecule has 4 rings (SSSR count). The van der Waals surface area contributed by atoms with E-state index in [4.69, 9.17) is 14.2 Å². The number of nitrogens with zero attached hydrogens (tertiary/aromatic N) is 1. The van der Waals surface area contributed by atoms with Gasteiger partial charge in [-0.3, -0.25) is 14.5 Å². The highest BCUT2D eigenvalue weighted by Crippen LogP contribution is 2.43. The van der Waals surface area contributed by atoms with Gasteiger partial charge < -0.3 is 19.3 Å². The zero-order valence-corrected chi connectivity index (χ0v) is 19.9. The summed E-state index contributed by atoms with van der Waals surface area (Å²) in [6.45, 7) is 4.73. The Morgan fingerprint density at radius 3 is 2.20 bits per heavy atom. The normalized spacial score (nSPS) is 16.9. The third-order valence-corrected chi connectivity index (χ3v) is 5.70. The molecule has 7 nitrogen and oxygen atoms in total. The summed E-state index contributed by atoms with van der Waals surface area (Å²) >= 11 is 0. The number of hydrogen-bond acceptors (Lipinski definition) is 6. The fraction of sp³-hybridized carbons (Fsp3) is 0.214. The van der Waals surface area contributed by atoms with E-state index in [-0.39, 0.29) is 11.3 Å². The Morgan fingerprint density at radius 2 is 1.51 bits per heavy atom. The number of amides is 1. The smallest absolute Gasteiger partial charge is 0.300 e. The minimum Gasteiger partial charge on any atom is -0.507 e. The Morgan fingerprint density at radius 1 is 0.857 bits per heavy atom. The molecule has 1 saturated heterocycles. The summed E-state index contributed by atoms with van der Waals surface area (Å²) in [5, 5.41) is 11.3. The summed E-state index contributed by atoms with van der Waals surface area (Å²) in [5.41, 5.74) is 1.51. The van der Waals surface area contributed by atoms with Crippen molar-refractivity contribution in [2.24, 2.45) is 0 Å². The summed E-state index contributed by atoms with van der Waals surface area (Å²) in [5.74, 6) is -0.00797. The van der Waals surface area contributed by atoms with Gasteiger partial charge in [-0.1, -0.05) is 24.3 Å². The maximum Gasteiger partial charge on any atom is 0.300 e. The van der Waals surface area contributed by atoms with Crippen molar-refractivity contribution in [1.82, 2.24) is 0 Å². The van der Waals surface area contributed by atoms with Crippen LogP contribution in [0.5, 0.6) is 17.2 Å². The van der Waals surface area contributed by atoms with Crippen molar-refractivity contribution in [3.05, 3.63) is 89.5 Å². The monoisotopic (exact) mass is 473 g/mol. The lowest BCUT2D eigenvalue weighted by Gasteiger charge is -2.26. The Kier molecular flexibility index (Phi) is 7.06. The Bertz CT molecular complexity index is 1260. The largest absolute Gasteiger partial charge is 0.507 e. The molecule has 1 heterocycles. The van der Waals surface area contributed by atoms with Gasteiger partial charge in [0.15, 0.2) is 0 Å². The molecule has 3 aromatic rings. The van der Waals surface area contributed by atoms with Crippen molar-refractivity contribution in [1.29, 1.82) is 0 Å². The zero-order chi connectivity index (χ0) is 24.9. The van der Waals surface area contributed by atoms with E-state index in [9.17, 15) is 14.7 Å². The highest BCUT2D eigenvalue weighted by molar-refractivity contribution is 6.51. The highest BCUT2D eigenvalue weighted by atomic mass is 16.5. The molecule has 0 saturated carbocycles. The summed E-state index contributed by atoms with van der Waals surface area (Å²) in [6, 6.07) is 20.0. The van der Waals surface area contributed by atoms with Crippen LogP contribution in [0, 0.1) is 0 Å². The molecule has 35 heavy (non-hydrogen) atoms. The number of rotatable bonds is 8. The number of hydrogen-bond donors (Lipinski definition) is 1. The summed E-state index contributed by atoms with van der Waals surface area (Å²) in [7, 11) is 1.52. The number of Topliss-reactive ketones (excluding diaryl/α,β-unsaturated/α-hetero) is 1. The average molecular weight is 474 g/mol. The van der Waals surface area contributed by atoms with Crippen molar-refractivity contribution < 1.29 is 28.9 Å². The molecule has 1 aliphatic rings. The predicted octanol–water partition coefficient (Wildman–Crippen LogP) is 5.12. The maximum atomic E-state index is 13.3. The van der Waals surface area contributed by atoms with Gasteiger partial charge in [-0.2, -0.15) is 0 Å². The first-order valence-corrected chi connectivity index (χ1v) is 11.4. The standard InChI is InChI=1S/C28H27NO6/c1-4-34-21-14-12-20(13-15-21)29-25(18-8-6-11-23(16-18)35-5-2)24(27(31)28(29)32)26(30)19-9-7-10-22(17-19)33-3/h6-17,25,30H,4-5H2,1-3H3/b26-24-. The van der Waals surface area contributed by atoms with E-state index in [1.807, 2.05) is 13.8 Å². The van der Waals surface area contributed by atoms with Crippen LogP contribution in [-0.4, -0.2) is 37.1 Å². The van der Waals surface area contributed by atoms with Crippen LogP contribution in [0.25, 0.3) is 5.76 Å². The van der Waals surface area contributed by atoms with Gasteiger partial charge in [-0.05, 0) is 67.9 Å². The van der Waals surface area contributed by atoms with Gasteiger partial charge in [-0.15, -0.1) is 0 Å². The molecule has 180 valence electrons. The van der Waals surface area contributed by atoms with E-state index in [0.717, 1.165) is 0 Å². The van der Waals surface area contributed by atoms with Gasteiger partial charge in [-0.25, -0.2) is 0 Å². The van der Waals surface area contributed by atoms with Crippen molar-refractivity contribution in [3.63, 3.8) is 0 Å². The molecule has 0 spiro atoms. The van der Waals surface area contributed by atoms with Gasteiger partial charge in [0, 0.05) is 11.3 Å². The Labute approximate surface area is 204 Å². The molecule has 0 aliphatic carbocycles. The first-order valence-electron chi connectivity index (χ1n) is 11.4. The SMILES string of the molecule is CCOc1ccc(N2C(=O)C(=O)/C(=C(\O)c3cccc(OC)c3)C2c2cccc(OCC)c2)cc1. The van der Waals surface area contributed by atoms with Crippen molar-refractivity contribution >= 4 is 23.1 Å². The molecule has 7 heteroatoms. The van der Waals surface area contributed by atoms with E-state index in [2.05, 4.69) is 0 Å². The summed E-state index contributed by atoms with van der Waals surface area (Å²) in [4.78, 5) is 28.0. The first kappa shape index (κ1) is 23.9.